The quantitative estimate of drug-likeness (QED) is 0.399. The standard InChI is InChI=1S/C20H18N4O5/c1-11-6-4-5-7-16(11)23-19(26)14(18(25)22-20(23)27)10-21-15-8-12(2)13(3)9-17(15)24(28)29/h4-10,26H,1-3H3,(H,22,25,27). The zero-order chi connectivity index (χ0) is 21.3. The predicted octanol–water partition coefficient (Wildman–Crippen LogP) is 2.82. The lowest BCUT2D eigenvalue weighted by molar-refractivity contribution is -0.384. The predicted molar refractivity (Wildman–Crippen MR) is 109 cm³/mol. The Hall–Kier alpha value is -4.01. The van der Waals surface area contributed by atoms with Gasteiger partial charge in [-0.2, -0.15) is 0 Å². The summed E-state index contributed by atoms with van der Waals surface area (Å²) in [7, 11) is 0. The van der Waals surface area contributed by atoms with Crippen LogP contribution in [0.5, 0.6) is 5.88 Å². The van der Waals surface area contributed by atoms with Gasteiger partial charge in [0.2, 0.25) is 5.88 Å². The Morgan fingerprint density at radius 3 is 2.41 bits per heavy atom. The average molecular weight is 394 g/mol. The van der Waals surface area contributed by atoms with Crippen molar-refractivity contribution in [2.24, 2.45) is 4.99 Å². The normalized spacial score (nSPS) is 11.1. The average Bonchev–Trinajstić information content (AvgIpc) is 2.65. The van der Waals surface area contributed by atoms with E-state index >= 15 is 0 Å². The highest BCUT2D eigenvalue weighted by molar-refractivity contribution is 5.85. The van der Waals surface area contributed by atoms with Crippen molar-refractivity contribution in [2.45, 2.75) is 20.8 Å². The molecule has 9 heteroatoms. The van der Waals surface area contributed by atoms with Crippen LogP contribution in [0.4, 0.5) is 11.4 Å². The first-order chi connectivity index (χ1) is 13.7. The second-order valence-corrected chi connectivity index (χ2v) is 6.56. The van der Waals surface area contributed by atoms with Crippen molar-refractivity contribution in [3.8, 4) is 11.6 Å². The van der Waals surface area contributed by atoms with Gasteiger partial charge in [0.25, 0.3) is 11.2 Å². The summed E-state index contributed by atoms with van der Waals surface area (Å²) >= 11 is 0. The number of aromatic hydroxyl groups is 1. The molecule has 29 heavy (non-hydrogen) atoms. The Kier molecular flexibility index (Phi) is 5.14. The molecule has 0 radical (unpaired) electrons. The minimum absolute atomic E-state index is 0.0329. The molecule has 0 aliphatic rings. The second kappa shape index (κ2) is 7.55. The Morgan fingerprint density at radius 2 is 1.76 bits per heavy atom. The summed E-state index contributed by atoms with van der Waals surface area (Å²) < 4.78 is 0.951. The monoisotopic (exact) mass is 394 g/mol. The van der Waals surface area contributed by atoms with Crippen LogP contribution in [0, 0.1) is 30.9 Å². The maximum atomic E-state index is 12.3. The molecule has 0 aliphatic heterocycles. The van der Waals surface area contributed by atoms with Crippen LogP contribution in [0.1, 0.15) is 22.3 Å². The molecule has 0 fully saturated rings. The van der Waals surface area contributed by atoms with Crippen molar-refractivity contribution in [2.75, 3.05) is 0 Å². The molecule has 0 atom stereocenters. The number of aromatic amines is 1. The second-order valence-electron chi connectivity index (χ2n) is 6.56. The van der Waals surface area contributed by atoms with E-state index in [0.29, 0.717) is 11.3 Å². The van der Waals surface area contributed by atoms with E-state index in [1.165, 1.54) is 12.1 Å². The number of nitrogens with zero attached hydrogens (tertiary/aromatic N) is 3. The van der Waals surface area contributed by atoms with Gasteiger partial charge in [-0.05, 0) is 49.6 Å². The zero-order valence-electron chi connectivity index (χ0n) is 16.0. The number of aliphatic imine (C=N–C) groups is 1. The number of nitrogens with one attached hydrogen (secondary N) is 1. The molecule has 0 amide bonds. The first kappa shape index (κ1) is 19.7. The largest absolute Gasteiger partial charge is 0.493 e. The Bertz CT molecular complexity index is 1270. The minimum atomic E-state index is -0.854. The summed E-state index contributed by atoms with van der Waals surface area (Å²) in [5, 5.41) is 21.9. The van der Waals surface area contributed by atoms with Gasteiger partial charge in [-0.25, -0.2) is 14.4 Å². The number of hydrogen-bond donors (Lipinski definition) is 2. The number of aryl methyl sites for hydroxylation is 3. The van der Waals surface area contributed by atoms with Gasteiger partial charge in [0, 0.05) is 12.3 Å². The van der Waals surface area contributed by atoms with Crippen molar-refractivity contribution in [3.05, 3.63) is 89.6 Å². The fraction of sp³-hybridized carbons (Fsp3) is 0.150. The Balaban J connectivity index is 2.20. The van der Waals surface area contributed by atoms with Crippen LogP contribution in [-0.2, 0) is 0 Å². The van der Waals surface area contributed by atoms with E-state index in [-0.39, 0.29) is 16.9 Å². The van der Waals surface area contributed by atoms with E-state index in [0.717, 1.165) is 21.9 Å². The van der Waals surface area contributed by atoms with Gasteiger partial charge < -0.3 is 5.11 Å². The first-order valence-corrected chi connectivity index (χ1v) is 8.64. The van der Waals surface area contributed by atoms with Crippen molar-refractivity contribution < 1.29 is 10.0 Å². The fourth-order valence-corrected chi connectivity index (χ4v) is 2.86. The number of benzene rings is 2. The lowest BCUT2D eigenvalue weighted by Crippen LogP contribution is -2.31. The zero-order valence-corrected chi connectivity index (χ0v) is 16.0. The number of H-pyrrole nitrogens is 1. The molecule has 1 heterocycles. The van der Waals surface area contributed by atoms with Crippen LogP contribution < -0.4 is 11.2 Å². The summed E-state index contributed by atoms with van der Waals surface area (Å²) in [6, 6.07) is 9.73. The molecule has 9 nitrogen and oxygen atoms in total. The highest BCUT2D eigenvalue weighted by atomic mass is 16.6. The summed E-state index contributed by atoms with van der Waals surface area (Å²) in [5.74, 6) is -0.608. The molecule has 2 aromatic carbocycles. The summed E-state index contributed by atoms with van der Waals surface area (Å²) in [5.41, 5.74) is 0.444. The SMILES string of the molecule is Cc1cc(N=Cc2c(O)n(-c3ccccc3C)c(=O)[nH]c2=O)c([N+](=O)[O-])cc1C. The van der Waals surface area contributed by atoms with Gasteiger partial charge in [0.15, 0.2) is 0 Å². The van der Waals surface area contributed by atoms with Gasteiger partial charge >= 0.3 is 5.69 Å². The van der Waals surface area contributed by atoms with Crippen LogP contribution in [0.25, 0.3) is 5.69 Å². The molecule has 0 saturated heterocycles. The Morgan fingerprint density at radius 1 is 1.10 bits per heavy atom. The number of nitro benzene ring substituents is 1. The van der Waals surface area contributed by atoms with E-state index in [1.807, 2.05) is 0 Å². The summed E-state index contributed by atoms with van der Waals surface area (Å²) in [6.07, 6.45) is 1.01. The molecule has 2 N–H and O–H groups in total. The van der Waals surface area contributed by atoms with Gasteiger partial charge in [0.1, 0.15) is 11.3 Å². The highest BCUT2D eigenvalue weighted by Gasteiger charge is 2.18. The molecule has 0 unspecified atom stereocenters. The number of rotatable bonds is 4. The first-order valence-electron chi connectivity index (χ1n) is 8.64. The molecular weight excluding hydrogens is 376 g/mol. The van der Waals surface area contributed by atoms with Crippen molar-refractivity contribution in [1.29, 1.82) is 0 Å². The summed E-state index contributed by atoms with van der Waals surface area (Å²) in [4.78, 5) is 41.4. The van der Waals surface area contributed by atoms with Gasteiger partial charge in [-0.1, -0.05) is 18.2 Å². The smallest absolute Gasteiger partial charge is 0.335 e. The van der Waals surface area contributed by atoms with E-state index < -0.39 is 22.1 Å². The van der Waals surface area contributed by atoms with E-state index in [1.54, 1.807) is 45.0 Å². The maximum Gasteiger partial charge on any atom is 0.335 e. The lowest BCUT2D eigenvalue weighted by atomic mass is 10.1. The number of nitro groups is 1. The minimum Gasteiger partial charge on any atom is -0.493 e. The number of hydrogen-bond acceptors (Lipinski definition) is 6. The molecular formula is C20H18N4O5. The molecule has 0 saturated carbocycles. The topological polar surface area (TPSA) is 131 Å². The van der Waals surface area contributed by atoms with Gasteiger partial charge in [0.05, 0.1) is 10.6 Å². The van der Waals surface area contributed by atoms with E-state index in [2.05, 4.69) is 9.98 Å². The van der Waals surface area contributed by atoms with Gasteiger partial charge in [-0.3, -0.25) is 19.9 Å². The van der Waals surface area contributed by atoms with Crippen LogP contribution in [-0.4, -0.2) is 25.8 Å². The molecule has 148 valence electrons. The molecule has 1 aromatic heterocycles. The molecule has 3 aromatic rings. The fourth-order valence-electron chi connectivity index (χ4n) is 2.86. The maximum absolute atomic E-state index is 12.3. The van der Waals surface area contributed by atoms with E-state index in [4.69, 9.17) is 0 Å². The molecule has 3 rings (SSSR count). The highest BCUT2D eigenvalue weighted by Crippen LogP contribution is 2.30. The molecule has 0 spiro atoms. The molecule has 0 aliphatic carbocycles. The van der Waals surface area contributed by atoms with Gasteiger partial charge in [-0.15, -0.1) is 0 Å². The third-order valence-corrected chi connectivity index (χ3v) is 4.60. The van der Waals surface area contributed by atoms with Crippen LogP contribution in [0.3, 0.4) is 0 Å². The Labute approximate surface area is 164 Å². The third-order valence-electron chi connectivity index (χ3n) is 4.60. The summed E-state index contributed by atoms with van der Waals surface area (Å²) in [6.45, 7) is 5.27. The van der Waals surface area contributed by atoms with Crippen LogP contribution in [0.15, 0.2) is 51.0 Å². The van der Waals surface area contributed by atoms with Crippen molar-refractivity contribution in [3.63, 3.8) is 0 Å². The number of para-hydroxylation sites is 1. The van der Waals surface area contributed by atoms with E-state index in [9.17, 15) is 24.8 Å². The van der Waals surface area contributed by atoms with Crippen LogP contribution >= 0.6 is 0 Å². The van der Waals surface area contributed by atoms with Crippen molar-refractivity contribution >= 4 is 17.6 Å². The lowest BCUT2D eigenvalue weighted by Gasteiger charge is -2.11. The van der Waals surface area contributed by atoms with Crippen molar-refractivity contribution in [1.82, 2.24) is 9.55 Å². The van der Waals surface area contributed by atoms with Crippen LogP contribution in [0.2, 0.25) is 0 Å². The third kappa shape index (κ3) is 3.70. The molecule has 0 bridgehead atoms. The number of aromatic nitrogens is 2.